The summed E-state index contributed by atoms with van der Waals surface area (Å²) in [7, 11) is 0. The van der Waals surface area contributed by atoms with Crippen molar-refractivity contribution in [2.75, 3.05) is 0 Å². The highest BCUT2D eigenvalue weighted by Crippen LogP contribution is 2.54. The first-order chi connectivity index (χ1) is 22.8. The smallest absolute Gasteiger partial charge is 0.160 e. The van der Waals surface area contributed by atoms with Crippen LogP contribution in [0.5, 0.6) is 0 Å². The summed E-state index contributed by atoms with van der Waals surface area (Å²) in [5.41, 5.74) is 10.8. The first-order valence-corrected chi connectivity index (χ1v) is 15.6. The fourth-order valence-corrected chi connectivity index (χ4v) is 7.09. The van der Waals surface area contributed by atoms with Gasteiger partial charge >= 0.3 is 0 Å². The largest absolute Gasteiger partial charge is 0.294 e. The minimum atomic E-state index is -0.634. The van der Waals surface area contributed by atoms with Crippen molar-refractivity contribution in [3.63, 3.8) is 0 Å². The fourth-order valence-electron chi connectivity index (χ4n) is 7.09. The number of nitrogens with zero attached hydrogens (tertiary/aromatic N) is 4. The second-order valence-corrected chi connectivity index (χ2v) is 11.6. The number of hydrogen-bond donors (Lipinski definition) is 0. The predicted octanol–water partition coefficient (Wildman–Crippen LogP) is 9.51. The third-order valence-corrected chi connectivity index (χ3v) is 9.08. The van der Waals surface area contributed by atoms with E-state index in [-0.39, 0.29) is 0 Å². The summed E-state index contributed by atoms with van der Waals surface area (Å²) in [6, 6.07) is 59.3. The fraction of sp³-hybridized carbons (Fsp3) is 0.0238. The molecule has 0 spiro atoms. The van der Waals surface area contributed by atoms with Crippen LogP contribution < -0.4 is 0 Å². The number of imidazole rings is 1. The quantitative estimate of drug-likeness (QED) is 0.201. The van der Waals surface area contributed by atoms with E-state index in [2.05, 4.69) is 150 Å². The van der Waals surface area contributed by atoms with E-state index < -0.39 is 5.41 Å². The molecule has 0 radical (unpaired) electrons. The molecule has 6 aromatic carbocycles. The van der Waals surface area contributed by atoms with Crippen LogP contribution >= 0.6 is 0 Å². The zero-order valence-corrected chi connectivity index (χ0v) is 25.0. The molecule has 3 heterocycles. The van der Waals surface area contributed by atoms with Gasteiger partial charge in [-0.3, -0.25) is 4.57 Å². The Labute approximate surface area is 267 Å². The molecule has 216 valence electrons. The van der Waals surface area contributed by atoms with Gasteiger partial charge in [0.15, 0.2) is 5.82 Å². The molecule has 4 heteroatoms. The molecule has 0 N–H and O–H groups in total. The highest BCUT2D eigenvalue weighted by Gasteiger charge is 2.50. The molecular weight excluding hydrogens is 560 g/mol. The first kappa shape index (κ1) is 26.3. The van der Waals surface area contributed by atoms with Crippen LogP contribution in [0, 0.1) is 0 Å². The Hall–Kier alpha value is -6.13. The van der Waals surface area contributed by atoms with Crippen molar-refractivity contribution < 1.29 is 0 Å². The molecule has 4 nitrogen and oxygen atoms in total. The number of para-hydroxylation sites is 3. The van der Waals surface area contributed by atoms with Crippen molar-refractivity contribution in [1.82, 2.24) is 19.5 Å². The molecule has 0 amide bonds. The van der Waals surface area contributed by atoms with E-state index in [9.17, 15) is 0 Å². The summed E-state index contributed by atoms with van der Waals surface area (Å²) < 4.78 is 2.37. The normalized spacial score (nSPS) is 13.0. The van der Waals surface area contributed by atoms with E-state index in [4.69, 9.17) is 15.0 Å². The van der Waals surface area contributed by atoms with Crippen molar-refractivity contribution in [3.8, 4) is 39.6 Å². The van der Waals surface area contributed by atoms with Crippen molar-refractivity contribution in [2.45, 2.75) is 5.41 Å². The summed E-state index contributed by atoms with van der Waals surface area (Å²) in [6.45, 7) is 0. The minimum absolute atomic E-state index is 0.634. The Morgan fingerprint density at radius 3 is 1.70 bits per heavy atom. The van der Waals surface area contributed by atoms with Crippen molar-refractivity contribution in [1.29, 1.82) is 0 Å². The van der Waals surface area contributed by atoms with Crippen LogP contribution in [-0.2, 0) is 5.41 Å². The second kappa shape index (κ2) is 10.5. The Kier molecular flexibility index (Phi) is 6.00. The third kappa shape index (κ3) is 3.90. The van der Waals surface area contributed by atoms with Crippen LogP contribution in [-0.4, -0.2) is 19.5 Å². The third-order valence-electron chi connectivity index (χ3n) is 9.08. The maximum atomic E-state index is 5.41. The number of hydrogen-bond acceptors (Lipinski definition) is 3. The van der Waals surface area contributed by atoms with Gasteiger partial charge < -0.3 is 0 Å². The zero-order chi connectivity index (χ0) is 30.5. The average Bonchev–Trinajstić information content (AvgIpc) is 3.66. The van der Waals surface area contributed by atoms with Crippen LogP contribution in [0.4, 0.5) is 0 Å². The van der Waals surface area contributed by atoms with Gasteiger partial charge in [0.2, 0.25) is 0 Å². The second-order valence-electron chi connectivity index (χ2n) is 11.6. The number of benzene rings is 6. The molecule has 0 atom stereocenters. The van der Waals surface area contributed by atoms with Gasteiger partial charge in [-0.25, -0.2) is 15.0 Å². The van der Waals surface area contributed by atoms with Crippen LogP contribution in [0.1, 0.15) is 22.5 Å². The van der Waals surface area contributed by atoms with E-state index in [0.717, 1.165) is 50.6 Å². The molecular formula is C42H28N4. The maximum absolute atomic E-state index is 5.41. The summed E-state index contributed by atoms with van der Waals surface area (Å²) in [5.74, 6) is 1.68. The van der Waals surface area contributed by atoms with Gasteiger partial charge in [0, 0.05) is 16.7 Å². The standard InChI is InChI=1S/C42H28N4/c1-5-16-29(17-6-1)36-28-37(44-40(43-36)30-18-7-2-8-19-30)33-24-15-25-34-39(33)46-38-27-14-13-26-35(38)45-41(46)42(34,31-20-9-3-10-21-31)32-22-11-4-12-23-32/h1-28H. The summed E-state index contributed by atoms with van der Waals surface area (Å²) in [5, 5.41) is 0. The molecule has 2 aromatic heterocycles. The minimum Gasteiger partial charge on any atom is -0.294 e. The Balaban J connectivity index is 1.41. The van der Waals surface area contributed by atoms with Crippen LogP contribution in [0.2, 0.25) is 0 Å². The lowest BCUT2D eigenvalue weighted by Crippen LogP contribution is -2.29. The molecule has 1 aliphatic rings. The van der Waals surface area contributed by atoms with E-state index in [1.54, 1.807) is 0 Å². The molecule has 0 fully saturated rings. The summed E-state index contributed by atoms with van der Waals surface area (Å²) >= 11 is 0. The molecule has 0 saturated carbocycles. The van der Waals surface area contributed by atoms with Crippen molar-refractivity contribution in [3.05, 3.63) is 192 Å². The highest BCUT2D eigenvalue weighted by atomic mass is 15.1. The van der Waals surface area contributed by atoms with E-state index in [1.807, 2.05) is 24.3 Å². The summed E-state index contributed by atoms with van der Waals surface area (Å²) in [4.78, 5) is 15.7. The molecule has 0 unspecified atom stereocenters. The van der Waals surface area contributed by atoms with E-state index in [0.29, 0.717) is 5.82 Å². The molecule has 46 heavy (non-hydrogen) atoms. The summed E-state index contributed by atoms with van der Waals surface area (Å²) in [6.07, 6.45) is 0. The SMILES string of the molecule is c1ccc(-c2cc(-c3cccc4c3-n3c(nc5ccccc53)C4(c3ccccc3)c3ccccc3)nc(-c3ccccc3)n2)cc1. The van der Waals surface area contributed by atoms with Crippen molar-refractivity contribution in [2.24, 2.45) is 0 Å². The van der Waals surface area contributed by atoms with Crippen molar-refractivity contribution >= 4 is 11.0 Å². The highest BCUT2D eigenvalue weighted by molar-refractivity contribution is 5.89. The predicted molar refractivity (Wildman–Crippen MR) is 185 cm³/mol. The number of aromatic nitrogens is 4. The van der Waals surface area contributed by atoms with Gasteiger partial charge in [0.25, 0.3) is 0 Å². The number of rotatable bonds is 5. The molecule has 0 saturated heterocycles. The van der Waals surface area contributed by atoms with Gasteiger partial charge in [0.05, 0.1) is 28.1 Å². The van der Waals surface area contributed by atoms with Gasteiger partial charge in [-0.1, -0.05) is 152 Å². The lowest BCUT2D eigenvalue weighted by Gasteiger charge is -2.31. The van der Waals surface area contributed by atoms with Gasteiger partial charge in [-0.15, -0.1) is 0 Å². The number of fused-ring (bicyclic) bond motifs is 5. The maximum Gasteiger partial charge on any atom is 0.160 e. The Morgan fingerprint density at radius 1 is 0.457 bits per heavy atom. The van der Waals surface area contributed by atoms with Crippen LogP contribution in [0.15, 0.2) is 170 Å². The van der Waals surface area contributed by atoms with Gasteiger partial charge in [-0.05, 0) is 34.9 Å². The van der Waals surface area contributed by atoms with E-state index in [1.165, 1.54) is 16.7 Å². The monoisotopic (exact) mass is 588 g/mol. The topological polar surface area (TPSA) is 43.6 Å². The van der Waals surface area contributed by atoms with E-state index >= 15 is 0 Å². The van der Waals surface area contributed by atoms with Gasteiger partial charge in [-0.2, -0.15) is 0 Å². The molecule has 9 rings (SSSR count). The lowest BCUT2D eigenvalue weighted by atomic mass is 9.69. The Bertz CT molecular complexity index is 2250. The molecule has 0 aliphatic carbocycles. The lowest BCUT2D eigenvalue weighted by molar-refractivity contribution is 0.718. The Morgan fingerprint density at radius 2 is 1.02 bits per heavy atom. The van der Waals surface area contributed by atoms with Crippen LogP contribution in [0.25, 0.3) is 50.6 Å². The average molecular weight is 589 g/mol. The molecule has 1 aliphatic heterocycles. The molecule has 0 bridgehead atoms. The first-order valence-electron chi connectivity index (χ1n) is 15.6. The zero-order valence-electron chi connectivity index (χ0n) is 25.0. The van der Waals surface area contributed by atoms with Gasteiger partial charge in [0.1, 0.15) is 11.2 Å². The van der Waals surface area contributed by atoms with Crippen LogP contribution in [0.3, 0.4) is 0 Å². The molecule has 8 aromatic rings.